The van der Waals surface area contributed by atoms with Gasteiger partial charge in [-0.2, -0.15) is 0 Å². The molecule has 0 amide bonds. The zero-order valence-corrected chi connectivity index (χ0v) is 20.4. The number of esters is 4. The van der Waals surface area contributed by atoms with Crippen LogP contribution in [0.25, 0.3) is 6.08 Å². The Morgan fingerprint density at radius 3 is 1.92 bits per heavy atom. The van der Waals surface area contributed by atoms with Crippen LogP contribution in [0.1, 0.15) is 44.1 Å². The number of rotatable bonds is 10. The van der Waals surface area contributed by atoms with E-state index in [4.69, 9.17) is 18.9 Å². The van der Waals surface area contributed by atoms with Gasteiger partial charge in [0, 0.05) is 17.7 Å². The lowest BCUT2D eigenvalue weighted by Gasteiger charge is -2.21. The third kappa shape index (κ3) is 9.25. The molecule has 37 heavy (non-hydrogen) atoms. The Bertz CT molecular complexity index is 1170. The van der Waals surface area contributed by atoms with Crippen molar-refractivity contribution in [3.63, 3.8) is 0 Å². The highest BCUT2D eigenvalue weighted by atomic mass is 16.6. The molecule has 1 aliphatic rings. The standard InChI is InChI=1S/C29H28O8/c1-3-26(30)34-23-12-9-21(10-13-23)11-18-27(31)35-24-14-16-25(17-15-24)37-29(33)20(2)19-28(32)36-22-7-5-4-6-8-22/h3,9-18,22H,1-2,4-8,19H2/b18-11+. The minimum atomic E-state index is -0.737. The molecule has 0 saturated heterocycles. The lowest BCUT2D eigenvalue weighted by atomic mass is 9.98. The summed E-state index contributed by atoms with van der Waals surface area (Å²) in [5.74, 6) is -1.59. The van der Waals surface area contributed by atoms with Crippen LogP contribution in [0.2, 0.25) is 0 Å². The van der Waals surface area contributed by atoms with Crippen LogP contribution in [0.4, 0.5) is 0 Å². The summed E-state index contributed by atoms with van der Waals surface area (Å²) in [5.41, 5.74) is 0.689. The second-order valence-corrected chi connectivity index (χ2v) is 8.34. The van der Waals surface area contributed by atoms with E-state index < -0.39 is 23.9 Å². The molecule has 1 aliphatic carbocycles. The molecule has 0 atom stereocenters. The number of benzene rings is 2. The first-order valence-corrected chi connectivity index (χ1v) is 11.9. The minimum Gasteiger partial charge on any atom is -0.462 e. The van der Waals surface area contributed by atoms with Crippen LogP contribution < -0.4 is 14.2 Å². The lowest BCUT2D eigenvalue weighted by molar-refractivity contribution is -0.150. The average molecular weight is 505 g/mol. The summed E-state index contributed by atoms with van der Waals surface area (Å²) in [5, 5.41) is 0. The molecule has 0 aliphatic heterocycles. The molecule has 0 aromatic heterocycles. The quantitative estimate of drug-likeness (QED) is 0.249. The summed E-state index contributed by atoms with van der Waals surface area (Å²) < 4.78 is 20.9. The van der Waals surface area contributed by atoms with Crippen molar-refractivity contribution >= 4 is 30.0 Å². The highest BCUT2D eigenvalue weighted by Crippen LogP contribution is 2.22. The lowest BCUT2D eigenvalue weighted by Crippen LogP contribution is -2.22. The predicted octanol–water partition coefficient (Wildman–Crippen LogP) is 5.12. The molecule has 2 aromatic rings. The van der Waals surface area contributed by atoms with Crippen molar-refractivity contribution in [2.45, 2.75) is 44.6 Å². The summed E-state index contributed by atoms with van der Waals surface area (Å²) in [6.45, 7) is 6.96. The van der Waals surface area contributed by atoms with E-state index in [0.717, 1.165) is 38.2 Å². The van der Waals surface area contributed by atoms with Gasteiger partial charge in [-0.05, 0) is 73.7 Å². The second-order valence-electron chi connectivity index (χ2n) is 8.34. The Morgan fingerprint density at radius 1 is 0.784 bits per heavy atom. The predicted molar refractivity (Wildman–Crippen MR) is 136 cm³/mol. The first-order valence-electron chi connectivity index (χ1n) is 11.9. The monoisotopic (exact) mass is 504 g/mol. The SMILES string of the molecule is C=CC(=O)Oc1ccc(/C=C/C(=O)Oc2ccc(OC(=O)C(=C)CC(=O)OC3CCCCC3)cc2)cc1. The molecule has 192 valence electrons. The highest BCUT2D eigenvalue weighted by Gasteiger charge is 2.20. The second kappa shape index (κ2) is 13.6. The molecular formula is C29H28O8. The van der Waals surface area contributed by atoms with Gasteiger partial charge in [0.15, 0.2) is 0 Å². The van der Waals surface area contributed by atoms with Gasteiger partial charge >= 0.3 is 23.9 Å². The molecule has 0 unspecified atom stereocenters. The summed E-state index contributed by atoms with van der Waals surface area (Å²) in [6, 6.07) is 12.4. The molecule has 1 saturated carbocycles. The maximum atomic E-state index is 12.3. The Hall–Kier alpha value is -4.46. The Kier molecular flexibility index (Phi) is 9.96. The molecule has 0 N–H and O–H groups in total. The van der Waals surface area contributed by atoms with Crippen molar-refractivity contribution in [3.8, 4) is 17.2 Å². The normalized spacial score (nSPS) is 13.4. The number of carbonyl (C=O) groups excluding carboxylic acids is 4. The van der Waals surface area contributed by atoms with E-state index in [9.17, 15) is 19.2 Å². The average Bonchev–Trinajstić information content (AvgIpc) is 2.89. The first kappa shape index (κ1) is 27.1. The zero-order valence-electron chi connectivity index (χ0n) is 20.4. The zero-order chi connectivity index (χ0) is 26.6. The molecule has 8 heteroatoms. The summed E-state index contributed by atoms with van der Waals surface area (Å²) >= 11 is 0. The fourth-order valence-electron chi connectivity index (χ4n) is 3.53. The van der Waals surface area contributed by atoms with Crippen molar-refractivity contribution in [2.75, 3.05) is 0 Å². The fourth-order valence-corrected chi connectivity index (χ4v) is 3.53. The van der Waals surface area contributed by atoms with Crippen molar-refractivity contribution in [2.24, 2.45) is 0 Å². The Balaban J connectivity index is 1.43. The minimum absolute atomic E-state index is 0.00616. The van der Waals surface area contributed by atoms with Crippen LogP contribution in [-0.2, 0) is 23.9 Å². The first-order chi connectivity index (χ1) is 17.8. The van der Waals surface area contributed by atoms with E-state index in [2.05, 4.69) is 13.2 Å². The van der Waals surface area contributed by atoms with Gasteiger partial charge in [-0.1, -0.05) is 31.7 Å². The van der Waals surface area contributed by atoms with Crippen molar-refractivity contribution in [3.05, 3.63) is 85.0 Å². The van der Waals surface area contributed by atoms with Crippen LogP contribution in [0, 0.1) is 0 Å². The van der Waals surface area contributed by atoms with E-state index >= 15 is 0 Å². The van der Waals surface area contributed by atoms with Gasteiger partial charge in [-0.15, -0.1) is 0 Å². The van der Waals surface area contributed by atoms with Gasteiger partial charge < -0.3 is 18.9 Å². The van der Waals surface area contributed by atoms with Crippen molar-refractivity contribution in [1.82, 2.24) is 0 Å². The van der Waals surface area contributed by atoms with Gasteiger partial charge in [0.1, 0.15) is 23.4 Å². The maximum Gasteiger partial charge on any atom is 0.339 e. The summed E-state index contributed by atoms with van der Waals surface area (Å²) in [4.78, 5) is 47.6. The van der Waals surface area contributed by atoms with Gasteiger partial charge in [0.05, 0.1) is 6.42 Å². The molecule has 0 bridgehead atoms. The summed E-state index contributed by atoms with van der Waals surface area (Å²) in [6.07, 6.45) is 8.43. The molecular weight excluding hydrogens is 476 g/mol. The Morgan fingerprint density at radius 2 is 1.32 bits per heavy atom. The van der Waals surface area contributed by atoms with E-state index in [-0.39, 0.29) is 29.6 Å². The van der Waals surface area contributed by atoms with Gasteiger partial charge in [-0.25, -0.2) is 14.4 Å². The fraction of sp³-hybridized carbons (Fsp3) is 0.241. The number of ether oxygens (including phenoxy) is 4. The molecule has 0 heterocycles. The maximum absolute atomic E-state index is 12.3. The molecule has 1 fully saturated rings. The Labute approximate surface area is 215 Å². The van der Waals surface area contributed by atoms with Gasteiger partial charge in [-0.3, -0.25) is 4.79 Å². The third-order valence-corrected chi connectivity index (χ3v) is 5.43. The molecule has 2 aromatic carbocycles. The van der Waals surface area contributed by atoms with Crippen LogP contribution in [-0.4, -0.2) is 30.0 Å². The topological polar surface area (TPSA) is 105 Å². The van der Waals surface area contributed by atoms with Crippen LogP contribution >= 0.6 is 0 Å². The van der Waals surface area contributed by atoms with E-state index in [0.29, 0.717) is 11.3 Å². The van der Waals surface area contributed by atoms with E-state index in [1.54, 1.807) is 30.3 Å². The van der Waals surface area contributed by atoms with Crippen LogP contribution in [0.15, 0.2) is 79.4 Å². The number of carbonyl (C=O) groups is 4. The highest BCUT2D eigenvalue weighted by molar-refractivity contribution is 5.94. The third-order valence-electron chi connectivity index (χ3n) is 5.43. The number of hydrogen-bond acceptors (Lipinski definition) is 8. The smallest absolute Gasteiger partial charge is 0.339 e. The van der Waals surface area contributed by atoms with Crippen LogP contribution in [0.5, 0.6) is 17.2 Å². The summed E-state index contributed by atoms with van der Waals surface area (Å²) in [7, 11) is 0. The molecule has 0 radical (unpaired) electrons. The van der Waals surface area contributed by atoms with E-state index in [1.165, 1.54) is 30.3 Å². The molecule has 0 spiro atoms. The van der Waals surface area contributed by atoms with Crippen molar-refractivity contribution < 1.29 is 38.1 Å². The van der Waals surface area contributed by atoms with E-state index in [1.807, 2.05) is 0 Å². The van der Waals surface area contributed by atoms with Crippen LogP contribution in [0.3, 0.4) is 0 Å². The largest absolute Gasteiger partial charge is 0.462 e. The van der Waals surface area contributed by atoms with Gasteiger partial charge in [0.2, 0.25) is 0 Å². The molecule has 8 nitrogen and oxygen atoms in total. The molecule has 3 rings (SSSR count). The number of hydrogen-bond donors (Lipinski definition) is 0. The van der Waals surface area contributed by atoms with Gasteiger partial charge in [0.25, 0.3) is 0 Å². The van der Waals surface area contributed by atoms with Crippen molar-refractivity contribution in [1.29, 1.82) is 0 Å².